The molecule has 1 heterocycles. The van der Waals surface area contributed by atoms with Crippen LogP contribution in [0.15, 0.2) is 60.7 Å². The highest BCUT2D eigenvalue weighted by atomic mass is 16.7. The van der Waals surface area contributed by atoms with Gasteiger partial charge in [0.2, 0.25) is 0 Å². The zero-order valence-corrected chi connectivity index (χ0v) is 13.1. The molecule has 1 N–H and O–H groups in total. The first-order chi connectivity index (χ1) is 10.7. The fraction of sp³-hybridized carbons (Fsp3) is 0.368. The maximum Gasteiger partial charge on any atom is 0.177 e. The average molecular weight is 297 g/mol. The van der Waals surface area contributed by atoms with E-state index in [0.717, 1.165) is 5.56 Å². The number of hydrogen-bond acceptors (Lipinski definition) is 3. The second kappa shape index (κ2) is 7.05. The van der Waals surface area contributed by atoms with Crippen LogP contribution in [0.1, 0.15) is 31.0 Å². The second-order valence-electron chi connectivity index (χ2n) is 5.85. The highest BCUT2D eigenvalue weighted by Crippen LogP contribution is 2.28. The normalized spacial score (nSPS) is 28.5. The first-order valence-electron chi connectivity index (χ1n) is 7.86. The van der Waals surface area contributed by atoms with Gasteiger partial charge in [0.1, 0.15) is 0 Å². The van der Waals surface area contributed by atoms with E-state index >= 15 is 0 Å². The van der Waals surface area contributed by atoms with E-state index in [4.69, 9.17) is 9.47 Å². The van der Waals surface area contributed by atoms with Crippen molar-refractivity contribution in [2.75, 3.05) is 0 Å². The van der Waals surface area contributed by atoms with Gasteiger partial charge in [-0.05, 0) is 25.0 Å². The quantitative estimate of drug-likeness (QED) is 0.934. The summed E-state index contributed by atoms with van der Waals surface area (Å²) < 4.78 is 12.2. The van der Waals surface area contributed by atoms with Crippen LogP contribution in [0.3, 0.4) is 0 Å². The summed E-state index contributed by atoms with van der Waals surface area (Å²) in [5.74, 6) is 0. The Morgan fingerprint density at radius 1 is 0.955 bits per heavy atom. The number of hydrogen-bond donors (Lipinski definition) is 1. The Kier molecular flexibility index (Phi) is 4.88. The van der Waals surface area contributed by atoms with Crippen LogP contribution in [-0.2, 0) is 16.1 Å². The molecule has 0 saturated carbocycles. The molecule has 4 atom stereocenters. The molecule has 1 aliphatic heterocycles. The van der Waals surface area contributed by atoms with Crippen LogP contribution in [-0.4, -0.2) is 18.4 Å². The molecule has 2 aromatic carbocycles. The summed E-state index contributed by atoms with van der Waals surface area (Å²) in [5, 5.41) is 3.62. The van der Waals surface area contributed by atoms with Crippen molar-refractivity contribution in [2.24, 2.45) is 0 Å². The minimum atomic E-state index is -0.284. The third-order valence-electron chi connectivity index (χ3n) is 4.18. The lowest BCUT2D eigenvalue weighted by Crippen LogP contribution is -2.52. The van der Waals surface area contributed by atoms with Gasteiger partial charge in [-0.15, -0.1) is 0 Å². The summed E-state index contributed by atoms with van der Waals surface area (Å²) in [4.78, 5) is 0. The van der Waals surface area contributed by atoms with Gasteiger partial charge in [-0.3, -0.25) is 0 Å². The van der Waals surface area contributed by atoms with Gasteiger partial charge in [-0.1, -0.05) is 60.7 Å². The van der Waals surface area contributed by atoms with Crippen molar-refractivity contribution in [2.45, 2.75) is 44.9 Å². The molecular weight excluding hydrogens is 274 g/mol. The Morgan fingerprint density at radius 3 is 2.27 bits per heavy atom. The van der Waals surface area contributed by atoms with Gasteiger partial charge >= 0.3 is 0 Å². The highest BCUT2D eigenvalue weighted by Gasteiger charge is 2.34. The van der Waals surface area contributed by atoms with Crippen LogP contribution in [0, 0.1) is 0 Å². The monoisotopic (exact) mass is 297 g/mol. The number of nitrogens with one attached hydrogen (secondary N) is 1. The maximum absolute atomic E-state index is 6.10. The minimum Gasteiger partial charge on any atom is -0.346 e. The standard InChI is InChI=1S/C19H23NO2/c1-14-15(2)22-19(21-13-16-9-5-3-6-10-16)18(20-14)17-11-7-4-8-12-17/h3-12,14-15,18-20H,13H2,1-2H3. The van der Waals surface area contributed by atoms with Crippen molar-refractivity contribution in [3.8, 4) is 0 Å². The lowest BCUT2D eigenvalue weighted by atomic mass is 10.0. The van der Waals surface area contributed by atoms with Crippen LogP contribution < -0.4 is 5.32 Å². The maximum atomic E-state index is 6.10. The molecule has 2 aromatic rings. The van der Waals surface area contributed by atoms with Crippen LogP contribution in [0.25, 0.3) is 0 Å². The molecule has 22 heavy (non-hydrogen) atoms. The molecule has 3 rings (SSSR count). The lowest BCUT2D eigenvalue weighted by molar-refractivity contribution is -0.218. The Morgan fingerprint density at radius 2 is 1.59 bits per heavy atom. The summed E-state index contributed by atoms with van der Waals surface area (Å²) in [7, 11) is 0. The van der Waals surface area contributed by atoms with Crippen LogP contribution >= 0.6 is 0 Å². The summed E-state index contributed by atoms with van der Waals surface area (Å²) in [6, 6.07) is 20.9. The van der Waals surface area contributed by atoms with Crippen molar-refractivity contribution in [3.05, 3.63) is 71.8 Å². The molecule has 3 nitrogen and oxygen atoms in total. The van der Waals surface area contributed by atoms with Crippen LogP contribution in [0.4, 0.5) is 0 Å². The Hall–Kier alpha value is -1.68. The largest absolute Gasteiger partial charge is 0.346 e. The summed E-state index contributed by atoms with van der Waals surface area (Å²) >= 11 is 0. The third kappa shape index (κ3) is 3.55. The predicted octanol–water partition coefficient (Wildman–Crippen LogP) is 3.67. The zero-order chi connectivity index (χ0) is 15.4. The molecule has 1 fully saturated rings. The molecule has 4 unspecified atom stereocenters. The fourth-order valence-corrected chi connectivity index (χ4v) is 2.71. The Labute approximate surface area is 132 Å². The van der Waals surface area contributed by atoms with Gasteiger partial charge in [0.05, 0.1) is 18.8 Å². The van der Waals surface area contributed by atoms with Gasteiger partial charge < -0.3 is 14.8 Å². The SMILES string of the molecule is CC1NC(c2ccccc2)C(OCc2ccccc2)OC1C. The van der Waals surface area contributed by atoms with Crippen molar-refractivity contribution in [3.63, 3.8) is 0 Å². The van der Waals surface area contributed by atoms with E-state index in [1.165, 1.54) is 5.56 Å². The lowest BCUT2D eigenvalue weighted by Gasteiger charge is -2.40. The van der Waals surface area contributed by atoms with E-state index in [1.54, 1.807) is 0 Å². The van der Waals surface area contributed by atoms with Gasteiger partial charge in [0.25, 0.3) is 0 Å². The first-order valence-corrected chi connectivity index (χ1v) is 7.86. The third-order valence-corrected chi connectivity index (χ3v) is 4.18. The molecule has 0 bridgehead atoms. The number of rotatable bonds is 4. The topological polar surface area (TPSA) is 30.5 Å². The molecule has 0 spiro atoms. The highest BCUT2D eigenvalue weighted by molar-refractivity contribution is 5.20. The molecule has 0 aliphatic carbocycles. The number of benzene rings is 2. The number of morpholine rings is 1. The van der Waals surface area contributed by atoms with E-state index in [1.807, 2.05) is 36.4 Å². The Balaban J connectivity index is 1.73. The van der Waals surface area contributed by atoms with E-state index < -0.39 is 0 Å². The van der Waals surface area contributed by atoms with E-state index in [2.05, 4.69) is 43.4 Å². The Bertz CT molecular complexity index is 573. The first kappa shape index (κ1) is 15.2. The molecule has 0 radical (unpaired) electrons. The van der Waals surface area contributed by atoms with Crippen LogP contribution in [0.5, 0.6) is 0 Å². The fourth-order valence-electron chi connectivity index (χ4n) is 2.71. The molecular formula is C19H23NO2. The molecule has 1 aliphatic rings. The van der Waals surface area contributed by atoms with Gasteiger partial charge in [0, 0.05) is 6.04 Å². The molecule has 3 heteroatoms. The second-order valence-corrected chi connectivity index (χ2v) is 5.85. The zero-order valence-electron chi connectivity index (χ0n) is 13.1. The smallest absolute Gasteiger partial charge is 0.177 e. The van der Waals surface area contributed by atoms with Gasteiger partial charge in [-0.25, -0.2) is 0 Å². The van der Waals surface area contributed by atoms with E-state index in [9.17, 15) is 0 Å². The number of ether oxygens (including phenoxy) is 2. The van der Waals surface area contributed by atoms with Crippen molar-refractivity contribution < 1.29 is 9.47 Å². The van der Waals surface area contributed by atoms with Crippen molar-refractivity contribution >= 4 is 0 Å². The molecule has 116 valence electrons. The van der Waals surface area contributed by atoms with Crippen LogP contribution in [0.2, 0.25) is 0 Å². The van der Waals surface area contributed by atoms with Crippen molar-refractivity contribution in [1.29, 1.82) is 0 Å². The predicted molar refractivity (Wildman–Crippen MR) is 87.3 cm³/mol. The van der Waals surface area contributed by atoms with E-state index in [0.29, 0.717) is 12.6 Å². The van der Waals surface area contributed by atoms with Gasteiger partial charge in [-0.2, -0.15) is 0 Å². The summed E-state index contributed by atoms with van der Waals surface area (Å²) in [6.45, 7) is 4.78. The van der Waals surface area contributed by atoms with Crippen molar-refractivity contribution in [1.82, 2.24) is 5.32 Å². The molecule has 0 aromatic heterocycles. The minimum absolute atomic E-state index is 0.0520. The average Bonchev–Trinajstić information content (AvgIpc) is 2.57. The summed E-state index contributed by atoms with van der Waals surface area (Å²) in [5.41, 5.74) is 2.35. The van der Waals surface area contributed by atoms with E-state index in [-0.39, 0.29) is 18.4 Å². The van der Waals surface area contributed by atoms with Gasteiger partial charge in [0.15, 0.2) is 6.29 Å². The summed E-state index contributed by atoms with van der Waals surface area (Å²) in [6.07, 6.45) is -0.158. The molecule has 1 saturated heterocycles. The molecule has 0 amide bonds.